The summed E-state index contributed by atoms with van der Waals surface area (Å²) in [5, 5.41) is 9.22. The average Bonchev–Trinajstić information content (AvgIpc) is 2.45. The van der Waals surface area contributed by atoms with Gasteiger partial charge >= 0.3 is 0 Å². The van der Waals surface area contributed by atoms with Crippen LogP contribution in [-0.2, 0) is 21.4 Å². The van der Waals surface area contributed by atoms with Crippen LogP contribution in [0.3, 0.4) is 0 Å². The molecular weight excluding hydrogens is 294 g/mol. The van der Waals surface area contributed by atoms with Crippen molar-refractivity contribution < 1.29 is 23.0 Å². The molecule has 1 aliphatic rings. The molecule has 7 heteroatoms. The standard InChI is InChI=1S/C14H21NO5S/c1-10-7-15(8-11(2)20-10)21(17,18)14-6-12(9-16)4-5-13(14)19-3/h4-6,10-11,16H,7-9H2,1-3H3/t10-,11+. The van der Waals surface area contributed by atoms with Gasteiger partial charge in [-0.05, 0) is 31.5 Å². The highest BCUT2D eigenvalue weighted by Gasteiger charge is 2.34. The minimum Gasteiger partial charge on any atom is -0.495 e. The molecular formula is C14H21NO5S. The Labute approximate surface area is 125 Å². The van der Waals surface area contributed by atoms with Gasteiger partial charge in [-0.1, -0.05) is 6.07 Å². The van der Waals surface area contributed by atoms with E-state index in [0.29, 0.717) is 18.7 Å². The monoisotopic (exact) mass is 315 g/mol. The van der Waals surface area contributed by atoms with Crippen LogP contribution in [-0.4, -0.2) is 50.2 Å². The van der Waals surface area contributed by atoms with E-state index < -0.39 is 10.0 Å². The normalized spacial score (nSPS) is 24.0. The van der Waals surface area contributed by atoms with Gasteiger partial charge in [-0.2, -0.15) is 4.31 Å². The molecule has 1 N–H and O–H groups in total. The summed E-state index contributed by atoms with van der Waals surface area (Å²) in [4.78, 5) is 0.0813. The molecule has 21 heavy (non-hydrogen) atoms. The molecule has 1 aromatic carbocycles. The van der Waals surface area contributed by atoms with Crippen molar-refractivity contribution in [2.45, 2.75) is 37.6 Å². The Bertz CT molecular complexity index is 591. The van der Waals surface area contributed by atoms with Gasteiger partial charge in [-0.25, -0.2) is 8.42 Å². The molecule has 0 bridgehead atoms. The van der Waals surface area contributed by atoms with Gasteiger partial charge in [-0.15, -0.1) is 0 Å². The van der Waals surface area contributed by atoms with Crippen LogP contribution in [0.1, 0.15) is 19.4 Å². The lowest BCUT2D eigenvalue weighted by Gasteiger charge is -2.34. The Morgan fingerprint density at radius 3 is 2.48 bits per heavy atom. The molecule has 0 aliphatic carbocycles. The van der Waals surface area contributed by atoms with E-state index in [2.05, 4.69) is 0 Å². The maximum atomic E-state index is 12.8. The van der Waals surface area contributed by atoms with E-state index in [4.69, 9.17) is 9.47 Å². The number of nitrogens with zero attached hydrogens (tertiary/aromatic N) is 1. The van der Waals surface area contributed by atoms with Crippen molar-refractivity contribution in [2.24, 2.45) is 0 Å². The van der Waals surface area contributed by atoms with Crippen molar-refractivity contribution in [1.29, 1.82) is 0 Å². The zero-order valence-electron chi connectivity index (χ0n) is 12.4. The lowest BCUT2D eigenvalue weighted by Crippen LogP contribution is -2.48. The molecule has 0 aromatic heterocycles. The molecule has 0 unspecified atom stereocenters. The predicted octanol–water partition coefficient (Wildman–Crippen LogP) is 0.985. The third-order valence-corrected chi connectivity index (χ3v) is 5.27. The Kier molecular flexibility index (Phi) is 4.88. The zero-order valence-corrected chi connectivity index (χ0v) is 13.3. The predicted molar refractivity (Wildman–Crippen MR) is 77.7 cm³/mol. The van der Waals surface area contributed by atoms with Gasteiger partial charge in [0.1, 0.15) is 10.6 Å². The molecule has 118 valence electrons. The van der Waals surface area contributed by atoms with Gasteiger partial charge < -0.3 is 14.6 Å². The SMILES string of the molecule is COc1ccc(CO)cc1S(=O)(=O)N1C[C@@H](C)O[C@@H](C)C1. The fourth-order valence-corrected chi connectivity index (χ4v) is 4.28. The molecule has 2 rings (SSSR count). The lowest BCUT2D eigenvalue weighted by atomic mass is 10.2. The van der Waals surface area contributed by atoms with Gasteiger partial charge in [0.15, 0.2) is 0 Å². The van der Waals surface area contributed by atoms with Gasteiger partial charge in [0.25, 0.3) is 0 Å². The van der Waals surface area contributed by atoms with Crippen molar-refractivity contribution in [1.82, 2.24) is 4.31 Å². The molecule has 2 atom stereocenters. The first-order valence-electron chi connectivity index (χ1n) is 6.82. The Morgan fingerprint density at radius 1 is 1.33 bits per heavy atom. The number of hydrogen-bond donors (Lipinski definition) is 1. The van der Waals surface area contributed by atoms with Crippen molar-refractivity contribution in [3.8, 4) is 5.75 Å². The molecule has 0 radical (unpaired) electrons. The maximum Gasteiger partial charge on any atom is 0.246 e. The summed E-state index contributed by atoms with van der Waals surface area (Å²) in [5.41, 5.74) is 0.531. The number of aliphatic hydroxyl groups excluding tert-OH is 1. The van der Waals surface area contributed by atoms with Crippen LogP contribution in [0.15, 0.2) is 23.1 Å². The lowest BCUT2D eigenvalue weighted by molar-refractivity contribution is -0.0441. The summed E-state index contributed by atoms with van der Waals surface area (Å²) in [6.07, 6.45) is -0.314. The van der Waals surface area contributed by atoms with Gasteiger partial charge in [-0.3, -0.25) is 0 Å². The Balaban J connectivity index is 2.43. The first kappa shape index (κ1) is 16.2. The van der Waals surface area contributed by atoms with Crippen molar-refractivity contribution in [3.63, 3.8) is 0 Å². The van der Waals surface area contributed by atoms with Crippen LogP contribution in [0.25, 0.3) is 0 Å². The van der Waals surface area contributed by atoms with Crippen molar-refractivity contribution in [2.75, 3.05) is 20.2 Å². The summed E-state index contributed by atoms with van der Waals surface area (Å²) >= 11 is 0. The largest absolute Gasteiger partial charge is 0.495 e. The summed E-state index contributed by atoms with van der Waals surface area (Å²) in [7, 11) is -2.26. The average molecular weight is 315 g/mol. The summed E-state index contributed by atoms with van der Waals surface area (Å²) < 4.78 is 37.8. The van der Waals surface area contributed by atoms with E-state index in [1.165, 1.54) is 17.5 Å². The van der Waals surface area contributed by atoms with Crippen LogP contribution >= 0.6 is 0 Å². The van der Waals surface area contributed by atoms with E-state index in [0.717, 1.165) is 0 Å². The van der Waals surface area contributed by atoms with Crippen LogP contribution in [0.5, 0.6) is 5.75 Å². The minimum atomic E-state index is -3.69. The van der Waals surface area contributed by atoms with E-state index >= 15 is 0 Å². The Hall–Kier alpha value is -1.15. The zero-order chi connectivity index (χ0) is 15.6. The van der Waals surface area contributed by atoms with Crippen LogP contribution in [0.4, 0.5) is 0 Å². The van der Waals surface area contributed by atoms with Crippen molar-refractivity contribution in [3.05, 3.63) is 23.8 Å². The van der Waals surface area contributed by atoms with Crippen molar-refractivity contribution >= 4 is 10.0 Å². The van der Waals surface area contributed by atoms with Gasteiger partial charge in [0.2, 0.25) is 10.0 Å². The number of ether oxygens (including phenoxy) is 2. The summed E-state index contributed by atoms with van der Waals surface area (Å²) in [6, 6.07) is 4.66. The second kappa shape index (κ2) is 6.31. The van der Waals surface area contributed by atoms with E-state index in [9.17, 15) is 13.5 Å². The van der Waals surface area contributed by atoms with E-state index in [1.807, 2.05) is 13.8 Å². The molecule has 6 nitrogen and oxygen atoms in total. The molecule has 1 saturated heterocycles. The maximum absolute atomic E-state index is 12.8. The third kappa shape index (κ3) is 3.37. The number of sulfonamides is 1. The molecule has 1 aliphatic heterocycles. The summed E-state index contributed by atoms with van der Waals surface area (Å²) in [6.45, 7) is 4.08. The molecule has 1 heterocycles. The number of benzene rings is 1. The minimum absolute atomic E-state index is 0.0813. The molecule has 1 aromatic rings. The topological polar surface area (TPSA) is 76.1 Å². The molecule has 1 fully saturated rings. The van der Waals surface area contributed by atoms with Crippen LogP contribution in [0, 0.1) is 0 Å². The first-order valence-corrected chi connectivity index (χ1v) is 8.26. The summed E-state index contributed by atoms with van der Waals surface area (Å²) in [5.74, 6) is 0.277. The number of aliphatic hydroxyl groups is 1. The number of rotatable bonds is 4. The fourth-order valence-electron chi connectivity index (χ4n) is 2.49. The fraction of sp³-hybridized carbons (Fsp3) is 0.571. The van der Waals surface area contributed by atoms with E-state index in [-0.39, 0.29) is 29.5 Å². The van der Waals surface area contributed by atoms with Crippen LogP contribution < -0.4 is 4.74 Å². The number of methoxy groups -OCH3 is 1. The quantitative estimate of drug-likeness (QED) is 0.896. The second-order valence-corrected chi connectivity index (χ2v) is 7.13. The third-order valence-electron chi connectivity index (χ3n) is 3.41. The Morgan fingerprint density at radius 2 is 1.95 bits per heavy atom. The van der Waals surface area contributed by atoms with E-state index in [1.54, 1.807) is 12.1 Å². The molecule has 0 amide bonds. The smallest absolute Gasteiger partial charge is 0.246 e. The number of morpholine rings is 1. The van der Waals surface area contributed by atoms with Gasteiger partial charge in [0.05, 0.1) is 25.9 Å². The highest BCUT2D eigenvalue weighted by molar-refractivity contribution is 7.89. The first-order chi connectivity index (χ1) is 9.88. The second-order valence-electron chi connectivity index (χ2n) is 5.22. The highest BCUT2D eigenvalue weighted by atomic mass is 32.2. The van der Waals surface area contributed by atoms with Gasteiger partial charge in [0, 0.05) is 13.1 Å². The highest BCUT2D eigenvalue weighted by Crippen LogP contribution is 2.29. The number of hydrogen-bond acceptors (Lipinski definition) is 5. The molecule has 0 saturated carbocycles. The van der Waals surface area contributed by atoms with Crippen LogP contribution in [0.2, 0.25) is 0 Å². The molecule has 0 spiro atoms.